The van der Waals surface area contributed by atoms with Crippen molar-refractivity contribution in [2.24, 2.45) is 0 Å². The van der Waals surface area contributed by atoms with E-state index in [-0.39, 0.29) is 5.97 Å². The van der Waals surface area contributed by atoms with Gasteiger partial charge in [-0.1, -0.05) is 23.7 Å². The second-order valence-electron chi connectivity index (χ2n) is 3.98. The molecule has 0 bridgehead atoms. The topological polar surface area (TPSA) is 26.3 Å². The van der Waals surface area contributed by atoms with Gasteiger partial charge in [0.05, 0.1) is 10.6 Å². The highest BCUT2D eigenvalue weighted by molar-refractivity contribution is 6.71. The van der Waals surface area contributed by atoms with E-state index in [4.69, 9.17) is 16.0 Å². The Bertz CT molecular complexity index is 344. The quantitative estimate of drug-likeness (QED) is 0.726. The molecule has 0 aliphatic carbocycles. The van der Waals surface area contributed by atoms with Crippen LogP contribution in [0.3, 0.4) is 0 Å². The molecule has 0 atom stereocenters. The third-order valence-electron chi connectivity index (χ3n) is 1.49. The fraction of sp³-hybridized carbons (Fsp3) is 0.300. The molecule has 2 nitrogen and oxygen atoms in total. The third-order valence-corrected chi connectivity index (χ3v) is 2.62. The fourth-order valence-electron chi connectivity index (χ4n) is 0.960. The Morgan fingerprint density at radius 1 is 1.29 bits per heavy atom. The van der Waals surface area contributed by atoms with E-state index in [1.54, 1.807) is 24.3 Å². The second kappa shape index (κ2) is 4.15. The van der Waals surface area contributed by atoms with Gasteiger partial charge in [0.2, 0.25) is 8.32 Å². The maximum atomic E-state index is 11.6. The summed E-state index contributed by atoms with van der Waals surface area (Å²) >= 11 is 5.86. The number of carbonyl (C=O) groups excluding carboxylic acids is 1. The Morgan fingerprint density at radius 3 is 2.36 bits per heavy atom. The van der Waals surface area contributed by atoms with Gasteiger partial charge in [0.1, 0.15) is 0 Å². The molecule has 1 aromatic rings. The smallest absolute Gasteiger partial charge is 0.326 e. The van der Waals surface area contributed by atoms with E-state index in [0.29, 0.717) is 10.6 Å². The molecule has 0 saturated heterocycles. The first kappa shape index (κ1) is 11.3. The Morgan fingerprint density at radius 2 is 1.86 bits per heavy atom. The maximum absolute atomic E-state index is 11.6. The lowest BCUT2D eigenvalue weighted by Gasteiger charge is -2.17. The molecule has 0 heterocycles. The van der Waals surface area contributed by atoms with Crippen molar-refractivity contribution < 1.29 is 9.22 Å². The lowest BCUT2D eigenvalue weighted by molar-refractivity contribution is 0.0725. The molecule has 0 aliphatic rings. The van der Waals surface area contributed by atoms with Crippen LogP contribution < -0.4 is 0 Å². The molecular formula is C10H13ClO2Si. The molecule has 0 aromatic heterocycles. The molecule has 1 rings (SSSR count). The molecule has 1 aromatic carbocycles. The first-order valence-corrected chi connectivity index (χ1v) is 8.16. The van der Waals surface area contributed by atoms with Gasteiger partial charge in [-0.2, -0.15) is 0 Å². The van der Waals surface area contributed by atoms with Crippen LogP contribution in [0, 0.1) is 0 Å². The molecule has 0 fully saturated rings. The largest absolute Gasteiger partial charge is 0.516 e. The van der Waals surface area contributed by atoms with Crippen LogP contribution >= 0.6 is 11.6 Å². The van der Waals surface area contributed by atoms with Crippen molar-refractivity contribution >= 4 is 25.9 Å². The zero-order chi connectivity index (χ0) is 10.8. The van der Waals surface area contributed by atoms with Crippen molar-refractivity contribution in [2.75, 3.05) is 0 Å². The minimum Gasteiger partial charge on any atom is -0.516 e. The number of rotatable bonds is 2. The molecule has 0 N–H and O–H groups in total. The monoisotopic (exact) mass is 228 g/mol. The standard InChI is InChI=1S/C10H13ClO2Si/c1-14(2,3)13-10(12)8-6-4-5-7-9(8)11/h4-7H,1-3H3. The summed E-state index contributed by atoms with van der Waals surface area (Å²) < 4.78 is 5.32. The summed E-state index contributed by atoms with van der Waals surface area (Å²) in [5.41, 5.74) is 0.441. The first-order valence-electron chi connectivity index (χ1n) is 4.38. The summed E-state index contributed by atoms with van der Waals surface area (Å²) in [4.78, 5) is 11.6. The van der Waals surface area contributed by atoms with E-state index < -0.39 is 8.32 Å². The summed E-state index contributed by atoms with van der Waals surface area (Å²) in [5.74, 6) is -0.324. The molecule has 76 valence electrons. The predicted octanol–water partition coefficient (Wildman–Crippen LogP) is 3.33. The number of halogens is 1. The minimum atomic E-state index is -1.83. The number of benzene rings is 1. The average Bonchev–Trinajstić information content (AvgIpc) is 2.01. The molecule has 0 amide bonds. The Balaban J connectivity index is 2.86. The van der Waals surface area contributed by atoms with E-state index in [0.717, 1.165) is 0 Å². The van der Waals surface area contributed by atoms with Gasteiger partial charge in [0, 0.05) is 0 Å². The van der Waals surface area contributed by atoms with Crippen LogP contribution in [0.2, 0.25) is 24.7 Å². The van der Waals surface area contributed by atoms with Crippen molar-refractivity contribution in [3.63, 3.8) is 0 Å². The van der Waals surface area contributed by atoms with Gasteiger partial charge in [0.15, 0.2) is 0 Å². The maximum Gasteiger partial charge on any atom is 0.326 e. The normalized spacial score (nSPS) is 11.1. The zero-order valence-electron chi connectivity index (χ0n) is 8.50. The van der Waals surface area contributed by atoms with E-state index in [1.165, 1.54) is 0 Å². The molecular weight excluding hydrogens is 216 g/mol. The third kappa shape index (κ3) is 3.16. The van der Waals surface area contributed by atoms with Crippen LogP contribution in [0.4, 0.5) is 0 Å². The molecule has 14 heavy (non-hydrogen) atoms. The highest BCUT2D eigenvalue weighted by atomic mass is 35.5. The van der Waals surface area contributed by atoms with Crippen molar-refractivity contribution in [1.29, 1.82) is 0 Å². The molecule has 0 radical (unpaired) electrons. The van der Waals surface area contributed by atoms with Crippen LogP contribution in [-0.4, -0.2) is 14.3 Å². The lowest BCUT2D eigenvalue weighted by Crippen LogP contribution is -2.29. The highest BCUT2D eigenvalue weighted by Crippen LogP contribution is 2.17. The lowest BCUT2D eigenvalue weighted by atomic mass is 10.2. The van der Waals surface area contributed by atoms with Gasteiger partial charge in [0.25, 0.3) is 0 Å². The Labute approximate surface area is 90.0 Å². The van der Waals surface area contributed by atoms with Gasteiger partial charge in [-0.05, 0) is 31.8 Å². The molecule has 0 aliphatic heterocycles. The minimum absolute atomic E-state index is 0.324. The van der Waals surface area contributed by atoms with Crippen molar-refractivity contribution in [1.82, 2.24) is 0 Å². The van der Waals surface area contributed by atoms with Gasteiger partial charge in [-0.3, -0.25) is 0 Å². The van der Waals surface area contributed by atoms with Gasteiger partial charge >= 0.3 is 5.97 Å². The van der Waals surface area contributed by atoms with Crippen LogP contribution in [0.1, 0.15) is 10.4 Å². The van der Waals surface area contributed by atoms with E-state index >= 15 is 0 Å². The van der Waals surface area contributed by atoms with Crippen molar-refractivity contribution in [3.05, 3.63) is 34.9 Å². The summed E-state index contributed by atoms with van der Waals surface area (Å²) in [7, 11) is -1.83. The van der Waals surface area contributed by atoms with E-state index in [2.05, 4.69) is 0 Å². The van der Waals surface area contributed by atoms with Crippen molar-refractivity contribution in [3.8, 4) is 0 Å². The summed E-state index contributed by atoms with van der Waals surface area (Å²) in [5, 5.41) is 0.441. The van der Waals surface area contributed by atoms with E-state index in [1.807, 2.05) is 19.6 Å². The van der Waals surface area contributed by atoms with Crippen LogP contribution in [0.5, 0.6) is 0 Å². The van der Waals surface area contributed by atoms with Gasteiger partial charge in [-0.25, -0.2) is 4.79 Å². The summed E-state index contributed by atoms with van der Waals surface area (Å²) in [6.07, 6.45) is 0. The predicted molar refractivity (Wildman–Crippen MR) is 60.2 cm³/mol. The first-order chi connectivity index (χ1) is 6.40. The summed E-state index contributed by atoms with van der Waals surface area (Å²) in [6, 6.07) is 6.91. The Kier molecular flexibility index (Phi) is 3.34. The summed E-state index contributed by atoms with van der Waals surface area (Å²) in [6.45, 7) is 5.88. The highest BCUT2D eigenvalue weighted by Gasteiger charge is 2.21. The van der Waals surface area contributed by atoms with Crippen LogP contribution in [0.15, 0.2) is 24.3 Å². The van der Waals surface area contributed by atoms with Gasteiger partial charge < -0.3 is 4.43 Å². The average molecular weight is 229 g/mol. The number of hydrogen-bond acceptors (Lipinski definition) is 2. The number of carbonyl (C=O) groups is 1. The zero-order valence-corrected chi connectivity index (χ0v) is 10.3. The molecule has 0 spiro atoms. The fourth-order valence-corrected chi connectivity index (χ4v) is 1.84. The van der Waals surface area contributed by atoms with E-state index in [9.17, 15) is 4.79 Å². The molecule has 0 unspecified atom stereocenters. The molecule has 0 saturated carbocycles. The second-order valence-corrected chi connectivity index (χ2v) is 8.82. The van der Waals surface area contributed by atoms with Crippen LogP contribution in [0.25, 0.3) is 0 Å². The van der Waals surface area contributed by atoms with Crippen molar-refractivity contribution in [2.45, 2.75) is 19.6 Å². The SMILES string of the molecule is C[Si](C)(C)OC(=O)c1ccccc1Cl. The number of hydrogen-bond donors (Lipinski definition) is 0. The Hall–Kier alpha value is -0.803. The van der Waals surface area contributed by atoms with Crippen LogP contribution in [-0.2, 0) is 4.43 Å². The van der Waals surface area contributed by atoms with Gasteiger partial charge in [-0.15, -0.1) is 0 Å². The molecule has 4 heteroatoms.